The second kappa shape index (κ2) is 8.21. The van der Waals surface area contributed by atoms with Crippen LogP contribution in [0.1, 0.15) is 10.4 Å². The predicted octanol–water partition coefficient (Wildman–Crippen LogP) is 3.16. The van der Waals surface area contributed by atoms with E-state index in [4.69, 9.17) is 0 Å². The van der Waals surface area contributed by atoms with Crippen molar-refractivity contribution in [3.05, 3.63) is 47.5 Å². The van der Waals surface area contributed by atoms with Gasteiger partial charge in [-0.05, 0) is 11.6 Å². The largest absolute Gasteiger partial charge is 0.465 e. The summed E-state index contributed by atoms with van der Waals surface area (Å²) < 4.78 is 9.15. The molecule has 0 saturated heterocycles. The van der Waals surface area contributed by atoms with Crippen LogP contribution < -0.4 is 0 Å². The molecule has 0 N–H and O–H groups in total. The topological polar surface area (TPSA) is 52.6 Å². The first-order valence-electron chi connectivity index (χ1n) is 5.72. The zero-order valence-corrected chi connectivity index (χ0v) is 14.2. The van der Waals surface area contributed by atoms with Gasteiger partial charge in [0.1, 0.15) is 5.57 Å². The van der Waals surface area contributed by atoms with Crippen molar-refractivity contribution in [2.45, 2.75) is 9.65 Å². The van der Waals surface area contributed by atoms with Crippen LogP contribution in [0.2, 0.25) is 0 Å². The molecule has 1 aromatic carbocycles. The third kappa shape index (κ3) is 4.45. The van der Waals surface area contributed by atoms with Gasteiger partial charge in [0.05, 0.1) is 23.9 Å². The molecule has 0 heterocycles. The Morgan fingerprint density at radius 3 is 2.00 bits per heavy atom. The van der Waals surface area contributed by atoms with Crippen LogP contribution in [0.4, 0.5) is 0 Å². The quantitative estimate of drug-likeness (QED) is 0.248. The number of esters is 2. The van der Waals surface area contributed by atoms with E-state index in [9.17, 15) is 9.59 Å². The summed E-state index contributed by atoms with van der Waals surface area (Å²) >= 11 is 6.96. The summed E-state index contributed by atoms with van der Waals surface area (Å²) in [7, 11) is 2.43. The lowest BCUT2D eigenvalue weighted by Crippen LogP contribution is -2.18. The Morgan fingerprint density at radius 1 is 1.05 bits per heavy atom. The lowest BCUT2D eigenvalue weighted by molar-refractivity contribution is -0.144. The third-order valence-corrected chi connectivity index (χ3v) is 5.13. The molecule has 1 aromatic rings. The fraction of sp³-hybridized carbons (Fsp3) is 0.286. The Kier molecular flexibility index (Phi) is 6.95. The van der Waals surface area contributed by atoms with E-state index in [0.29, 0.717) is 0 Å². The summed E-state index contributed by atoms with van der Waals surface area (Å²) in [5, 5.41) is 0. The van der Waals surface area contributed by atoms with E-state index in [-0.39, 0.29) is 15.2 Å². The highest BCUT2D eigenvalue weighted by Crippen LogP contribution is 2.32. The lowest BCUT2D eigenvalue weighted by Gasteiger charge is -2.15. The van der Waals surface area contributed by atoms with E-state index >= 15 is 0 Å². The van der Waals surface area contributed by atoms with Crippen LogP contribution in [0.25, 0.3) is 0 Å². The Labute approximate surface area is 134 Å². The fourth-order valence-corrected chi connectivity index (χ4v) is 2.53. The van der Waals surface area contributed by atoms with Crippen LogP contribution in [0.15, 0.2) is 42.0 Å². The highest BCUT2D eigenvalue weighted by atomic mass is 79.9. The molecule has 0 aliphatic carbocycles. The van der Waals surface area contributed by atoms with Gasteiger partial charge >= 0.3 is 11.9 Å². The van der Waals surface area contributed by atoms with Crippen LogP contribution in [0.3, 0.4) is 0 Å². The molecule has 108 valence electrons. The van der Waals surface area contributed by atoms with Gasteiger partial charge in [0.25, 0.3) is 0 Å². The number of carbonyl (C=O) groups excluding carboxylic acids is 2. The minimum atomic E-state index is -0.728. The van der Waals surface area contributed by atoms with Crippen molar-refractivity contribution in [3.63, 3.8) is 0 Å². The standard InChI is InChI=1S/C14H14Br2O4/c1-19-13(17)10(14(18)20-2)8-11(15)12(16)9-6-4-3-5-7-9/h3-8,11-12H,1-2H3/t11-,12+/m0/s1. The molecule has 0 saturated carbocycles. The Bertz CT molecular complexity index is 481. The predicted molar refractivity (Wildman–Crippen MR) is 82.9 cm³/mol. The molecule has 0 aromatic heterocycles. The van der Waals surface area contributed by atoms with Crippen LogP contribution in [-0.2, 0) is 19.1 Å². The maximum atomic E-state index is 11.6. The maximum Gasteiger partial charge on any atom is 0.345 e. The molecule has 0 unspecified atom stereocenters. The van der Waals surface area contributed by atoms with Crippen molar-refractivity contribution >= 4 is 43.8 Å². The Hall–Kier alpha value is -1.14. The monoisotopic (exact) mass is 404 g/mol. The second-order valence-electron chi connectivity index (χ2n) is 3.82. The van der Waals surface area contributed by atoms with Gasteiger partial charge in [-0.1, -0.05) is 62.2 Å². The van der Waals surface area contributed by atoms with E-state index in [0.717, 1.165) is 5.56 Å². The maximum absolute atomic E-state index is 11.6. The van der Waals surface area contributed by atoms with Gasteiger partial charge in [-0.25, -0.2) is 9.59 Å². The highest BCUT2D eigenvalue weighted by molar-refractivity contribution is 9.12. The molecule has 0 radical (unpaired) electrons. The Morgan fingerprint density at radius 2 is 1.55 bits per heavy atom. The molecular formula is C14H14Br2O4. The van der Waals surface area contributed by atoms with Crippen LogP contribution in [-0.4, -0.2) is 31.0 Å². The van der Waals surface area contributed by atoms with Crippen molar-refractivity contribution < 1.29 is 19.1 Å². The van der Waals surface area contributed by atoms with Gasteiger partial charge < -0.3 is 9.47 Å². The van der Waals surface area contributed by atoms with Crippen LogP contribution in [0.5, 0.6) is 0 Å². The molecule has 0 aliphatic heterocycles. The molecule has 0 amide bonds. The number of hydrogen-bond acceptors (Lipinski definition) is 4. The fourth-order valence-electron chi connectivity index (χ4n) is 1.50. The zero-order chi connectivity index (χ0) is 15.1. The van der Waals surface area contributed by atoms with Crippen LogP contribution >= 0.6 is 31.9 Å². The minimum absolute atomic E-state index is 0.104. The molecule has 20 heavy (non-hydrogen) atoms. The summed E-state index contributed by atoms with van der Waals surface area (Å²) in [6.45, 7) is 0. The summed E-state index contributed by atoms with van der Waals surface area (Å²) in [5.74, 6) is -1.46. The van der Waals surface area contributed by atoms with Crippen molar-refractivity contribution in [1.29, 1.82) is 0 Å². The van der Waals surface area contributed by atoms with Gasteiger partial charge in [0.15, 0.2) is 0 Å². The number of ether oxygens (including phenoxy) is 2. The number of hydrogen-bond donors (Lipinski definition) is 0. The molecular weight excluding hydrogens is 392 g/mol. The number of methoxy groups -OCH3 is 2. The van der Waals surface area contributed by atoms with E-state index in [1.807, 2.05) is 30.3 Å². The SMILES string of the molecule is COC(=O)C(=C[C@H](Br)[C@H](Br)c1ccccc1)C(=O)OC. The zero-order valence-electron chi connectivity index (χ0n) is 11.0. The van der Waals surface area contributed by atoms with Crippen LogP contribution in [0, 0.1) is 0 Å². The van der Waals surface area contributed by atoms with Crippen molar-refractivity contribution in [1.82, 2.24) is 0 Å². The number of carbonyl (C=O) groups is 2. The van der Waals surface area contributed by atoms with E-state index in [2.05, 4.69) is 41.3 Å². The Balaban J connectivity index is 2.99. The molecule has 1 rings (SSSR count). The summed E-state index contributed by atoms with van der Waals surface area (Å²) in [5.41, 5.74) is 0.872. The smallest absolute Gasteiger partial charge is 0.345 e. The average Bonchev–Trinajstić information content (AvgIpc) is 2.50. The second-order valence-corrected chi connectivity index (χ2v) is 5.86. The van der Waals surface area contributed by atoms with Gasteiger partial charge in [-0.2, -0.15) is 0 Å². The summed E-state index contributed by atoms with van der Waals surface area (Å²) in [6, 6.07) is 9.62. The first-order chi connectivity index (χ1) is 9.51. The molecule has 0 bridgehead atoms. The van der Waals surface area contributed by atoms with Crippen molar-refractivity contribution in [2.75, 3.05) is 14.2 Å². The normalized spacial score (nSPS) is 13.0. The van der Waals surface area contributed by atoms with E-state index in [1.165, 1.54) is 20.3 Å². The number of benzene rings is 1. The van der Waals surface area contributed by atoms with E-state index in [1.54, 1.807) is 0 Å². The summed E-state index contributed by atoms with van der Waals surface area (Å²) in [6.07, 6.45) is 1.48. The molecule has 0 fully saturated rings. The summed E-state index contributed by atoms with van der Waals surface area (Å²) in [4.78, 5) is 22.8. The van der Waals surface area contributed by atoms with Gasteiger partial charge in [0.2, 0.25) is 0 Å². The number of allylic oxidation sites excluding steroid dienone is 1. The number of rotatable bonds is 5. The first-order valence-corrected chi connectivity index (χ1v) is 7.56. The third-order valence-electron chi connectivity index (χ3n) is 2.53. The van der Waals surface area contributed by atoms with Crippen molar-refractivity contribution in [2.24, 2.45) is 0 Å². The minimum Gasteiger partial charge on any atom is -0.465 e. The molecule has 0 spiro atoms. The lowest BCUT2D eigenvalue weighted by atomic mass is 10.1. The van der Waals surface area contributed by atoms with Gasteiger partial charge in [-0.3, -0.25) is 0 Å². The van der Waals surface area contributed by atoms with Gasteiger partial charge in [-0.15, -0.1) is 0 Å². The van der Waals surface area contributed by atoms with Crippen molar-refractivity contribution in [3.8, 4) is 0 Å². The van der Waals surface area contributed by atoms with Gasteiger partial charge in [0, 0.05) is 0 Å². The first kappa shape index (κ1) is 16.9. The van der Waals surface area contributed by atoms with E-state index < -0.39 is 11.9 Å². The number of alkyl halides is 2. The molecule has 0 aliphatic rings. The highest BCUT2D eigenvalue weighted by Gasteiger charge is 2.24. The average molecular weight is 406 g/mol. The molecule has 2 atom stereocenters. The number of halogens is 2. The molecule has 6 heteroatoms. The molecule has 4 nitrogen and oxygen atoms in total.